The lowest BCUT2D eigenvalue weighted by atomic mass is 9.70. The number of rotatable bonds is 1. The smallest absolute Gasteiger partial charge is 0.126 e. The van der Waals surface area contributed by atoms with Crippen molar-refractivity contribution in [1.82, 2.24) is 5.32 Å². The Hall–Kier alpha value is -1.22. The van der Waals surface area contributed by atoms with Crippen LogP contribution >= 0.6 is 0 Å². The van der Waals surface area contributed by atoms with Gasteiger partial charge in [0.15, 0.2) is 0 Å². The summed E-state index contributed by atoms with van der Waals surface area (Å²) in [6.45, 7) is 3.07. The molecule has 1 spiro atoms. The lowest BCUT2D eigenvalue weighted by molar-refractivity contribution is 0.179. The van der Waals surface area contributed by atoms with Gasteiger partial charge in [0.1, 0.15) is 11.5 Å². The predicted octanol–water partition coefficient (Wildman–Crippen LogP) is 2.10. The normalized spacial score (nSPS) is 21.7. The molecule has 3 heteroatoms. The van der Waals surface area contributed by atoms with Crippen LogP contribution in [-0.2, 0) is 5.41 Å². The first kappa shape index (κ1) is 10.9. The van der Waals surface area contributed by atoms with E-state index in [4.69, 9.17) is 9.47 Å². The Bertz CT molecular complexity index is 411. The van der Waals surface area contributed by atoms with Crippen LogP contribution in [-0.4, -0.2) is 26.8 Å². The average Bonchev–Trinajstić information content (AvgIpc) is 2.39. The molecule has 2 aliphatic heterocycles. The molecule has 1 fully saturated rings. The topological polar surface area (TPSA) is 30.5 Å². The van der Waals surface area contributed by atoms with E-state index in [-0.39, 0.29) is 0 Å². The maximum atomic E-state index is 5.79. The number of fused-ring (bicyclic) bond motifs is 2. The Morgan fingerprint density at radius 2 is 2.06 bits per heavy atom. The second kappa shape index (κ2) is 4.22. The van der Waals surface area contributed by atoms with Crippen molar-refractivity contribution in [3.8, 4) is 11.5 Å². The summed E-state index contributed by atoms with van der Waals surface area (Å²) in [5, 5.41) is 3.44. The minimum Gasteiger partial charge on any atom is -0.497 e. The van der Waals surface area contributed by atoms with Crippen molar-refractivity contribution >= 4 is 0 Å². The van der Waals surface area contributed by atoms with E-state index in [1.54, 1.807) is 7.11 Å². The molecule has 0 aliphatic carbocycles. The third-order valence-corrected chi connectivity index (χ3v) is 4.16. The van der Waals surface area contributed by atoms with Gasteiger partial charge in [0.25, 0.3) is 0 Å². The van der Waals surface area contributed by atoms with Crippen molar-refractivity contribution in [1.29, 1.82) is 0 Å². The molecule has 0 amide bonds. The summed E-state index contributed by atoms with van der Waals surface area (Å²) in [6.07, 6.45) is 3.58. The average molecular weight is 233 g/mol. The van der Waals surface area contributed by atoms with Crippen LogP contribution in [0.2, 0.25) is 0 Å². The highest BCUT2D eigenvalue weighted by Gasteiger charge is 2.38. The van der Waals surface area contributed by atoms with E-state index in [1.807, 2.05) is 6.07 Å². The molecule has 0 bridgehead atoms. The molecule has 1 aromatic rings. The van der Waals surface area contributed by atoms with Gasteiger partial charge in [-0.3, -0.25) is 0 Å². The predicted molar refractivity (Wildman–Crippen MR) is 66.9 cm³/mol. The SMILES string of the molecule is COc1ccc2c(c1)OCCC21CCNCC1. The van der Waals surface area contributed by atoms with Gasteiger partial charge in [0.05, 0.1) is 13.7 Å². The van der Waals surface area contributed by atoms with Crippen molar-refractivity contribution < 1.29 is 9.47 Å². The van der Waals surface area contributed by atoms with Gasteiger partial charge in [-0.2, -0.15) is 0 Å². The fourth-order valence-corrected chi connectivity index (χ4v) is 3.10. The van der Waals surface area contributed by atoms with Crippen molar-refractivity contribution in [3.05, 3.63) is 23.8 Å². The van der Waals surface area contributed by atoms with Crippen LogP contribution in [0.4, 0.5) is 0 Å². The summed E-state index contributed by atoms with van der Waals surface area (Å²) < 4.78 is 11.1. The van der Waals surface area contributed by atoms with Gasteiger partial charge < -0.3 is 14.8 Å². The molecule has 1 saturated heterocycles. The molecule has 0 unspecified atom stereocenters. The Morgan fingerprint density at radius 3 is 2.82 bits per heavy atom. The lowest BCUT2D eigenvalue weighted by Gasteiger charge is -2.42. The van der Waals surface area contributed by atoms with Crippen LogP contribution < -0.4 is 14.8 Å². The van der Waals surface area contributed by atoms with Crippen LogP contribution in [0, 0.1) is 0 Å². The molecular formula is C14H19NO2. The number of ether oxygens (including phenoxy) is 2. The Labute approximate surface area is 102 Å². The highest BCUT2D eigenvalue weighted by Crippen LogP contribution is 2.45. The molecule has 0 atom stereocenters. The van der Waals surface area contributed by atoms with Gasteiger partial charge in [0.2, 0.25) is 0 Å². The number of benzene rings is 1. The molecule has 0 saturated carbocycles. The van der Waals surface area contributed by atoms with E-state index in [9.17, 15) is 0 Å². The molecule has 92 valence electrons. The standard InChI is InChI=1S/C14H19NO2/c1-16-11-2-3-12-13(10-11)17-9-6-14(12)4-7-15-8-5-14/h2-3,10,15H,4-9H2,1H3. The Morgan fingerprint density at radius 1 is 1.24 bits per heavy atom. The first-order valence-corrected chi connectivity index (χ1v) is 6.36. The minimum atomic E-state index is 0.338. The first-order chi connectivity index (χ1) is 8.34. The fraction of sp³-hybridized carbons (Fsp3) is 0.571. The van der Waals surface area contributed by atoms with E-state index < -0.39 is 0 Å². The molecule has 1 aromatic carbocycles. The monoisotopic (exact) mass is 233 g/mol. The number of methoxy groups -OCH3 is 1. The second-order valence-electron chi connectivity index (χ2n) is 4.99. The number of hydrogen-bond acceptors (Lipinski definition) is 3. The maximum Gasteiger partial charge on any atom is 0.126 e. The minimum absolute atomic E-state index is 0.338. The zero-order valence-corrected chi connectivity index (χ0v) is 10.3. The molecule has 2 heterocycles. The van der Waals surface area contributed by atoms with Crippen molar-refractivity contribution in [3.63, 3.8) is 0 Å². The first-order valence-electron chi connectivity index (χ1n) is 6.36. The van der Waals surface area contributed by atoms with Gasteiger partial charge in [-0.25, -0.2) is 0 Å². The summed E-state index contributed by atoms with van der Waals surface area (Å²) in [7, 11) is 1.70. The number of nitrogens with one attached hydrogen (secondary N) is 1. The number of hydrogen-bond donors (Lipinski definition) is 1. The zero-order valence-electron chi connectivity index (χ0n) is 10.3. The highest BCUT2D eigenvalue weighted by atomic mass is 16.5. The van der Waals surface area contributed by atoms with Crippen LogP contribution in [0.5, 0.6) is 11.5 Å². The molecule has 2 aliphatic rings. The maximum absolute atomic E-state index is 5.79. The van der Waals surface area contributed by atoms with E-state index in [0.717, 1.165) is 37.6 Å². The molecular weight excluding hydrogens is 214 g/mol. The van der Waals surface area contributed by atoms with Gasteiger partial charge in [0, 0.05) is 17.0 Å². The molecule has 0 radical (unpaired) electrons. The van der Waals surface area contributed by atoms with E-state index in [1.165, 1.54) is 18.4 Å². The fourth-order valence-electron chi connectivity index (χ4n) is 3.10. The van der Waals surface area contributed by atoms with E-state index in [0.29, 0.717) is 5.41 Å². The summed E-state index contributed by atoms with van der Waals surface area (Å²) in [5.74, 6) is 1.91. The molecule has 0 aromatic heterocycles. The van der Waals surface area contributed by atoms with Crippen LogP contribution in [0.3, 0.4) is 0 Å². The quantitative estimate of drug-likeness (QED) is 0.805. The lowest BCUT2D eigenvalue weighted by Crippen LogP contribution is -2.42. The summed E-state index contributed by atoms with van der Waals surface area (Å²) in [6, 6.07) is 6.27. The van der Waals surface area contributed by atoms with Crippen molar-refractivity contribution in [2.45, 2.75) is 24.7 Å². The Balaban J connectivity index is 2.01. The zero-order chi connectivity index (χ0) is 11.7. The third kappa shape index (κ3) is 1.78. The number of piperidine rings is 1. The van der Waals surface area contributed by atoms with Gasteiger partial charge in [-0.1, -0.05) is 6.07 Å². The summed E-state index contributed by atoms with van der Waals surface area (Å²) in [4.78, 5) is 0. The Kier molecular flexibility index (Phi) is 2.71. The van der Waals surface area contributed by atoms with E-state index >= 15 is 0 Å². The van der Waals surface area contributed by atoms with Crippen LogP contribution in [0.25, 0.3) is 0 Å². The molecule has 3 rings (SSSR count). The molecule has 17 heavy (non-hydrogen) atoms. The van der Waals surface area contributed by atoms with Gasteiger partial charge in [-0.15, -0.1) is 0 Å². The van der Waals surface area contributed by atoms with E-state index in [2.05, 4.69) is 17.4 Å². The third-order valence-electron chi connectivity index (χ3n) is 4.16. The second-order valence-corrected chi connectivity index (χ2v) is 4.99. The largest absolute Gasteiger partial charge is 0.497 e. The summed E-state index contributed by atoms with van der Waals surface area (Å²) in [5.41, 5.74) is 1.72. The van der Waals surface area contributed by atoms with Crippen molar-refractivity contribution in [2.24, 2.45) is 0 Å². The van der Waals surface area contributed by atoms with Crippen molar-refractivity contribution in [2.75, 3.05) is 26.8 Å². The molecule has 3 nitrogen and oxygen atoms in total. The molecule has 1 N–H and O–H groups in total. The van der Waals surface area contributed by atoms with Gasteiger partial charge in [-0.05, 0) is 38.4 Å². The van der Waals surface area contributed by atoms with Gasteiger partial charge >= 0.3 is 0 Å². The summed E-state index contributed by atoms with van der Waals surface area (Å²) >= 11 is 0. The van der Waals surface area contributed by atoms with Crippen LogP contribution in [0.1, 0.15) is 24.8 Å². The highest BCUT2D eigenvalue weighted by molar-refractivity contribution is 5.46. The van der Waals surface area contributed by atoms with Crippen LogP contribution in [0.15, 0.2) is 18.2 Å².